The van der Waals surface area contributed by atoms with Crippen LogP contribution in [0.4, 0.5) is 0 Å². The highest BCUT2D eigenvalue weighted by atomic mass is 79.9. The number of nitrogens with one attached hydrogen (secondary N) is 1. The van der Waals surface area contributed by atoms with E-state index in [1.165, 1.54) is 16.7 Å². The molecule has 3 heteroatoms. The molecule has 0 saturated heterocycles. The molecule has 0 aliphatic rings. The van der Waals surface area contributed by atoms with E-state index in [1.54, 1.807) is 0 Å². The fraction of sp³-hybridized carbons (Fsp3) is 0.312. The molecule has 0 amide bonds. The van der Waals surface area contributed by atoms with Crippen LogP contribution in [-0.4, -0.2) is 11.5 Å². The molecular weight excluding hydrogens is 300 g/mol. The second kappa shape index (κ2) is 6.31. The van der Waals surface area contributed by atoms with Crippen LogP contribution in [0.1, 0.15) is 35.3 Å². The molecule has 100 valence electrons. The Hall–Kier alpha value is -1.19. The summed E-state index contributed by atoms with van der Waals surface area (Å²) in [6.07, 6.45) is 1.85. The van der Waals surface area contributed by atoms with Gasteiger partial charge in [-0.1, -0.05) is 30.7 Å². The summed E-state index contributed by atoms with van der Waals surface area (Å²) in [5.41, 5.74) is 4.93. The van der Waals surface area contributed by atoms with E-state index in [9.17, 15) is 0 Å². The first kappa shape index (κ1) is 14.2. The standard InChI is InChI=1S/C16H19BrN2/c1-4-18-16(15-8-7-13(17)10-19-15)14-9-11(2)5-6-12(14)3/h5-10,16,18H,4H2,1-3H3. The Bertz CT molecular complexity index is 549. The quantitative estimate of drug-likeness (QED) is 0.915. The molecule has 0 radical (unpaired) electrons. The van der Waals surface area contributed by atoms with Crippen LogP contribution in [0, 0.1) is 13.8 Å². The van der Waals surface area contributed by atoms with Gasteiger partial charge in [-0.25, -0.2) is 0 Å². The van der Waals surface area contributed by atoms with Gasteiger partial charge in [-0.2, -0.15) is 0 Å². The Morgan fingerprint density at radius 2 is 2.00 bits per heavy atom. The Kier molecular flexibility index (Phi) is 4.72. The number of hydrogen-bond donors (Lipinski definition) is 1. The van der Waals surface area contributed by atoms with Gasteiger partial charge in [-0.3, -0.25) is 4.98 Å². The van der Waals surface area contributed by atoms with Crippen LogP contribution >= 0.6 is 15.9 Å². The minimum atomic E-state index is 0.151. The van der Waals surface area contributed by atoms with Gasteiger partial charge in [0.25, 0.3) is 0 Å². The van der Waals surface area contributed by atoms with Gasteiger partial charge in [0, 0.05) is 10.7 Å². The summed E-state index contributed by atoms with van der Waals surface area (Å²) < 4.78 is 1.01. The van der Waals surface area contributed by atoms with Gasteiger partial charge in [-0.15, -0.1) is 0 Å². The molecule has 0 fully saturated rings. The average Bonchev–Trinajstić information content (AvgIpc) is 2.40. The van der Waals surface area contributed by atoms with E-state index in [1.807, 2.05) is 12.3 Å². The monoisotopic (exact) mass is 318 g/mol. The molecule has 1 atom stereocenters. The summed E-state index contributed by atoms with van der Waals surface area (Å²) in [6.45, 7) is 7.31. The first-order valence-electron chi connectivity index (χ1n) is 6.53. The highest BCUT2D eigenvalue weighted by Crippen LogP contribution is 2.25. The van der Waals surface area contributed by atoms with Crippen LogP contribution in [-0.2, 0) is 0 Å². The second-order valence-electron chi connectivity index (χ2n) is 4.75. The molecular formula is C16H19BrN2. The van der Waals surface area contributed by atoms with E-state index < -0.39 is 0 Å². The minimum absolute atomic E-state index is 0.151. The van der Waals surface area contributed by atoms with Gasteiger partial charge in [0.15, 0.2) is 0 Å². The molecule has 2 nitrogen and oxygen atoms in total. The molecule has 1 N–H and O–H groups in total. The fourth-order valence-corrected chi connectivity index (χ4v) is 2.44. The Morgan fingerprint density at radius 3 is 2.63 bits per heavy atom. The van der Waals surface area contributed by atoms with Crippen molar-refractivity contribution in [2.45, 2.75) is 26.8 Å². The largest absolute Gasteiger partial charge is 0.305 e. The fourth-order valence-electron chi connectivity index (χ4n) is 2.21. The van der Waals surface area contributed by atoms with Crippen LogP contribution < -0.4 is 5.32 Å². The van der Waals surface area contributed by atoms with Crippen molar-refractivity contribution in [2.24, 2.45) is 0 Å². The maximum atomic E-state index is 4.54. The van der Waals surface area contributed by atoms with E-state index in [4.69, 9.17) is 0 Å². The van der Waals surface area contributed by atoms with Crippen LogP contribution in [0.2, 0.25) is 0 Å². The SMILES string of the molecule is CCNC(c1ccc(Br)cn1)c1cc(C)ccc1C. The molecule has 0 aliphatic carbocycles. The summed E-state index contributed by atoms with van der Waals surface area (Å²) in [5.74, 6) is 0. The second-order valence-corrected chi connectivity index (χ2v) is 5.67. The molecule has 0 bridgehead atoms. The normalized spacial score (nSPS) is 12.4. The number of nitrogens with zero attached hydrogens (tertiary/aromatic N) is 1. The minimum Gasteiger partial charge on any atom is -0.305 e. The van der Waals surface area contributed by atoms with Gasteiger partial charge in [0.1, 0.15) is 0 Å². The van der Waals surface area contributed by atoms with E-state index in [0.29, 0.717) is 0 Å². The smallest absolute Gasteiger partial charge is 0.0754 e. The lowest BCUT2D eigenvalue weighted by molar-refractivity contribution is 0.612. The van der Waals surface area contributed by atoms with Crippen molar-refractivity contribution in [1.29, 1.82) is 0 Å². The van der Waals surface area contributed by atoms with Crippen molar-refractivity contribution in [3.05, 3.63) is 63.4 Å². The van der Waals surface area contributed by atoms with Crippen LogP contribution in [0.25, 0.3) is 0 Å². The van der Waals surface area contributed by atoms with Crippen molar-refractivity contribution in [3.63, 3.8) is 0 Å². The van der Waals surface area contributed by atoms with E-state index in [2.05, 4.69) is 71.3 Å². The number of rotatable bonds is 4. The van der Waals surface area contributed by atoms with Gasteiger partial charge in [0.2, 0.25) is 0 Å². The Balaban J connectivity index is 2.44. The van der Waals surface area contributed by atoms with Gasteiger partial charge < -0.3 is 5.32 Å². The van der Waals surface area contributed by atoms with Crippen molar-refractivity contribution < 1.29 is 0 Å². The summed E-state index contributed by atoms with van der Waals surface area (Å²) in [5, 5.41) is 3.52. The maximum Gasteiger partial charge on any atom is 0.0754 e. The molecule has 1 unspecified atom stereocenters. The number of aryl methyl sites for hydroxylation is 2. The van der Waals surface area contributed by atoms with Crippen LogP contribution in [0.3, 0.4) is 0 Å². The summed E-state index contributed by atoms with van der Waals surface area (Å²) >= 11 is 3.43. The molecule has 1 heterocycles. The Labute approximate surface area is 123 Å². The number of pyridine rings is 1. The molecule has 1 aromatic carbocycles. The van der Waals surface area contributed by atoms with E-state index in [0.717, 1.165) is 16.7 Å². The predicted molar refractivity (Wildman–Crippen MR) is 83.4 cm³/mol. The molecule has 2 aromatic rings. The molecule has 2 rings (SSSR count). The number of aromatic nitrogens is 1. The van der Waals surface area contributed by atoms with Crippen LogP contribution in [0.15, 0.2) is 41.0 Å². The molecule has 0 saturated carbocycles. The topological polar surface area (TPSA) is 24.9 Å². The molecule has 1 aromatic heterocycles. The van der Waals surface area contributed by atoms with Gasteiger partial charge >= 0.3 is 0 Å². The highest BCUT2D eigenvalue weighted by molar-refractivity contribution is 9.10. The number of halogens is 1. The Morgan fingerprint density at radius 1 is 1.21 bits per heavy atom. The lowest BCUT2D eigenvalue weighted by Crippen LogP contribution is -2.23. The van der Waals surface area contributed by atoms with Crippen LogP contribution in [0.5, 0.6) is 0 Å². The summed E-state index contributed by atoms with van der Waals surface area (Å²) in [7, 11) is 0. The third-order valence-electron chi connectivity index (χ3n) is 3.20. The zero-order valence-electron chi connectivity index (χ0n) is 11.6. The third kappa shape index (κ3) is 3.43. The van der Waals surface area contributed by atoms with Gasteiger partial charge in [-0.05, 0) is 59.6 Å². The average molecular weight is 319 g/mol. The molecule has 0 spiro atoms. The molecule has 0 aliphatic heterocycles. The lowest BCUT2D eigenvalue weighted by Gasteiger charge is -2.20. The highest BCUT2D eigenvalue weighted by Gasteiger charge is 2.16. The van der Waals surface area contributed by atoms with Gasteiger partial charge in [0.05, 0.1) is 11.7 Å². The van der Waals surface area contributed by atoms with E-state index >= 15 is 0 Å². The predicted octanol–water partition coefficient (Wildman–Crippen LogP) is 4.16. The summed E-state index contributed by atoms with van der Waals surface area (Å²) in [6, 6.07) is 10.8. The first-order chi connectivity index (χ1) is 9.11. The lowest BCUT2D eigenvalue weighted by atomic mass is 9.96. The zero-order valence-corrected chi connectivity index (χ0v) is 13.2. The number of hydrogen-bond acceptors (Lipinski definition) is 2. The van der Waals surface area contributed by atoms with Crippen molar-refractivity contribution in [2.75, 3.05) is 6.54 Å². The van der Waals surface area contributed by atoms with Crippen molar-refractivity contribution >= 4 is 15.9 Å². The third-order valence-corrected chi connectivity index (χ3v) is 3.67. The van der Waals surface area contributed by atoms with E-state index in [-0.39, 0.29) is 6.04 Å². The maximum absolute atomic E-state index is 4.54. The molecule has 19 heavy (non-hydrogen) atoms. The summed E-state index contributed by atoms with van der Waals surface area (Å²) in [4.78, 5) is 4.54. The number of benzene rings is 1. The zero-order chi connectivity index (χ0) is 13.8. The van der Waals surface area contributed by atoms with Crippen molar-refractivity contribution in [1.82, 2.24) is 10.3 Å². The van der Waals surface area contributed by atoms with Crippen molar-refractivity contribution in [3.8, 4) is 0 Å². The first-order valence-corrected chi connectivity index (χ1v) is 7.33.